The number of rotatable bonds is 8. The van der Waals surface area contributed by atoms with Crippen molar-refractivity contribution >= 4 is 11.9 Å². The molecule has 1 rings (SSSR count). The Kier molecular flexibility index (Phi) is 6.87. The van der Waals surface area contributed by atoms with Crippen molar-refractivity contribution in [1.82, 2.24) is 5.32 Å². The Morgan fingerprint density at radius 3 is 2.35 bits per heavy atom. The van der Waals surface area contributed by atoms with Crippen molar-refractivity contribution in [2.45, 2.75) is 32.5 Å². The van der Waals surface area contributed by atoms with Crippen LogP contribution >= 0.6 is 0 Å². The molecule has 23 heavy (non-hydrogen) atoms. The number of benzene rings is 1. The summed E-state index contributed by atoms with van der Waals surface area (Å²) >= 11 is 0. The first-order chi connectivity index (χ1) is 10.7. The van der Waals surface area contributed by atoms with E-state index >= 15 is 0 Å². The number of carbonyl (C=O) groups is 2. The number of hydrogen-bond donors (Lipinski definition) is 2. The number of hydrogen-bond acceptors (Lipinski definition) is 3. The summed E-state index contributed by atoms with van der Waals surface area (Å²) in [5, 5.41) is 11.5. The van der Waals surface area contributed by atoms with Gasteiger partial charge in [-0.15, -0.1) is 13.2 Å². The number of aliphatic carboxylic acids is 1. The fourth-order valence-corrected chi connectivity index (χ4v) is 1.96. The lowest BCUT2D eigenvalue weighted by Crippen LogP contribution is -2.33. The summed E-state index contributed by atoms with van der Waals surface area (Å²) in [7, 11) is 0. The Morgan fingerprint density at radius 2 is 1.87 bits per heavy atom. The molecule has 0 aliphatic rings. The standard InChI is InChI=1S/C15H18F3NO4/c1-2-3-11(14(21)22)9-19-13(20)8-10-4-6-12(7-5-10)23-15(16,17)18/h4-7,11H,2-3,8-9H2,1H3,(H,19,20)(H,21,22). The van der Waals surface area contributed by atoms with Crippen molar-refractivity contribution in [1.29, 1.82) is 0 Å². The van der Waals surface area contributed by atoms with Gasteiger partial charge in [0.25, 0.3) is 0 Å². The maximum atomic E-state index is 12.0. The lowest BCUT2D eigenvalue weighted by atomic mass is 10.0. The van der Waals surface area contributed by atoms with Gasteiger partial charge in [0.05, 0.1) is 12.3 Å². The van der Waals surface area contributed by atoms with E-state index in [9.17, 15) is 22.8 Å². The smallest absolute Gasteiger partial charge is 0.481 e. The molecule has 0 spiro atoms. The van der Waals surface area contributed by atoms with Crippen LogP contribution in [-0.4, -0.2) is 29.9 Å². The highest BCUT2D eigenvalue weighted by Crippen LogP contribution is 2.22. The second-order valence-electron chi connectivity index (χ2n) is 5.00. The van der Waals surface area contributed by atoms with E-state index in [0.717, 1.165) is 12.1 Å². The van der Waals surface area contributed by atoms with Crippen LogP contribution in [0.2, 0.25) is 0 Å². The topological polar surface area (TPSA) is 75.6 Å². The molecule has 0 aliphatic heterocycles. The molecule has 0 saturated carbocycles. The third-order valence-corrected chi connectivity index (χ3v) is 3.05. The van der Waals surface area contributed by atoms with Gasteiger partial charge in [0.2, 0.25) is 5.91 Å². The predicted octanol–water partition coefficient (Wildman–Crippen LogP) is 2.74. The second kappa shape index (κ2) is 8.40. The average Bonchev–Trinajstić information content (AvgIpc) is 2.43. The van der Waals surface area contributed by atoms with Gasteiger partial charge in [0.15, 0.2) is 0 Å². The Morgan fingerprint density at radius 1 is 1.26 bits per heavy atom. The van der Waals surface area contributed by atoms with Crippen LogP contribution in [0.3, 0.4) is 0 Å². The van der Waals surface area contributed by atoms with E-state index in [4.69, 9.17) is 5.11 Å². The lowest BCUT2D eigenvalue weighted by molar-refractivity contribution is -0.274. The van der Waals surface area contributed by atoms with Crippen molar-refractivity contribution in [3.63, 3.8) is 0 Å². The normalized spacial score (nSPS) is 12.5. The molecule has 0 heterocycles. The van der Waals surface area contributed by atoms with Crippen LogP contribution in [-0.2, 0) is 16.0 Å². The number of carbonyl (C=O) groups excluding carboxylic acids is 1. The van der Waals surface area contributed by atoms with Gasteiger partial charge in [-0.25, -0.2) is 0 Å². The van der Waals surface area contributed by atoms with E-state index in [1.54, 1.807) is 0 Å². The monoisotopic (exact) mass is 333 g/mol. The number of carboxylic acids is 1. The summed E-state index contributed by atoms with van der Waals surface area (Å²) in [6, 6.07) is 4.93. The largest absolute Gasteiger partial charge is 0.573 e. The van der Waals surface area contributed by atoms with E-state index in [2.05, 4.69) is 10.1 Å². The molecule has 0 aromatic heterocycles. The summed E-state index contributed by atoms with van der Waals surface area (Å²) in [4.78, 5) is 22.7. The number of carboxylic acid groups (broad SMARTS) is 1. The van der Waals surface area contributed by atoms with Crippen molar-refractivity contribution in [3.8, 4) is 5.75 Å². The minimum Gasteiger partial charge on any atom is -0.481 e. The van der Waals surface area contributed by atoms with Crippen molar-refractivity contribution in [3.05, 3.63) is 29.8 Å². The van der Waals surface area contributed by atoms with Crippen LogP contribution in [0.4, 0.5) is 13.2 Å². The van der Waals surface area contributed by atoms with E-state index in [0.29, 0.717) is 18.4 Å². The van der Waals surface area contributed by atoms with Crippen LogP contribution in [0.25, 0.3) is 0 Å². The Bertz CT molecular complexity index is 529. The van der Waals surface area contributed by atoms with Gasteiger partial charge in [-0.2, -0.15) is 0 Å². The molecule has 128 valence electrons. The van der Waals surface area contributed by atoms with Crippen molar-refractivity contribution < 1.29 is 32.6 Å². The van der Waals surface area contributed by atoms with Gasteiger partial charge in [0, 0.05) is 6.54 Å². The molecular formula is C15H18F3NO4. The van der Waals surface area contributed by atoms with Gasteiger partial charge < -0.3 is 15.2 Å². The Hall–Kier alpha value is -2.25. The van der Waals surface area contributed by atoms with Gasteiger partial charge in [-0.3, -0.25) is 9.59 Å². The first-order valence-corrected chi connectivity index (χ1v) is 7.05. The molecule has 1 aromatic rings. The summed E-state index contributed by atoms with van der Waals surface area (Å²) < 4.78 is 39.8. The van der Waals surface area contributed by atoms with Crippen LogP contribution in [0.1, 0.15) is 25.3 Å². The van der Waals surface area contributed by atoms with Crippen LogP contribution in [0, 0.1) is 5.92 Å². The first kappa shape index (κ1) is 18.8. The quantitative estimate of drug-likeness (QED) is 0.767. The molecule has 0 bridgehead atoms. The molecule has 1 atom stereocenters. The number of alkyl halides is 3. The molecular weight excluding hydrogens is 315 g/mol. The van der Waals surface area contributed by atoms with E-state index in [1.807, 2.05) is 6.92 Å². The van der Waals surface area contributed by atoms with E-state index in [-0.39, 0.29) is 18.7 Å². The molecule has 8 heteroatoms. The van der Waals surface area contributed by atoms with E-state index < -0.39 is 24.2 Å². The third kappa shape index (κ3) is 7.53. The third-order valence-electron chi connectivity index (χ3n) is 3.05. The highest BCUT2D eigenvalue weighted by Gasteiger charge is 2.30. The number of halogens is 3. The maximum absolute atomic E-state index is 12.0. The summed E-state index contributed by atoms with van der Waals surface area (Å²) in [6.45, 7) is 1.87. The number of ether oxygens (including phenoxy) is 1. The molecule has 0 aliphatic carbocycles. The molecule has 1 aromatic carbocycles. The van der Waals surface area contributed by atoms with Crippen LogP contribution in [0.15, 0.2) is 24.3 Å². The van der Waals surface area contributed by atoms with Crippen LogP contribution in [0.5, 0.6) is 5.75 Å². The highest BCUT2D eigenvalue weighted by atomic mass is 19.4. The van der Waals surface area contributed by atoms with Crippen molar-refractivity contribution in [2.24, 2.45) is 5.92 Å². The maximum Gasteiger partial charge on any atom is 0.573 e. The predicted molar refractivity (Wildman–Crippen MR) is 75.9 cm³/mol. The second-order valence-corrected chi connectivity index (χ2v) is 5.00. The van der Waals surface area contributed by atoms with Gasteiger partial charge in [-0.05, 0) is 24.1 Å². The zero-order valence-electron chi connectivity index (χ0n) is 12.5. The van der Waals surface area contributed by atoms with Crippen LogP contribution < -0.4 is 10.1 Å². The minimum absolute atomic E-state index is 0.0251. The Labute approximate surface area is 131 Å². The zero-order valence-corrected chi connectivity index (χ0v) is 12.5. The fourth-order valence-electron chi connectivity index (χ4n) is 1.96. The number of amides is 1. The summed E-state index contributed by atoms with van der Waals surface area (Å²) in [5.74, 6) is -2.38. The molecule has 0 radical (unpaired) electrons. The van der Waals surface area contributed by atoms with E-state index in [1.165, 1.54) is 12.1 Å². The molecule has 2 N–H and O–H groups in total. The Balaban J connectivity index is 2.49. The minimum atomic E-state index is -4.76. The summed E-state index contributed by atoms with van der Waals surface area (Å²) in [5.41, 5.74) is 0.499. The fraction of sp³-hybridized carbons (Fsp3) is 0.467. The van der Waals surface area contributed by atoms with Gasteiger partial charge in [0.1, 0.15) is 5.75 Å². The molecule has 1 unspecified atom stereocenters. The molecule has 1 amide bonds. The SMILES string of the molecule is CCCC(CNC(=O)Cc1ccc(OC(F)(F)F)cc1)C(=O)O. The van der Waals surface area contributed by atoms with Crippen molar-refractivity contribution in [2.75, 3.05) is 6.54 Å². The number of nitrogens with one attached hydrogen (secondary N) is 1. The van der Waals surface area contributed by atoms with Gasteiger partial charge >= 0.3 is 12.3 Å². The lowest BCUT2D eigenvalue weighted by Gasteiger charge is -2.12. The first-order valence-electron chi connectivity index (χ1n) is 7.05. The molecule has 0 saturated heterocycles. The summed E-state index contributed by atoms with van der Waals surface area (Å²) in [6.07, 6.45) is -3.67. The van der Waals surface area contributed by atoms with Gasteiger partial charge in [-0.1, -0.05) is 25.5 Å². The highest BCUT2D eigenvalue weighted by molar-refractivity contribution is 5.79. The average molecular weight is 333 g/mol. The molecule has 5 nitrogen and oxygen atoms in total. The molecule has 0 fully saturated rings. The zero-order chi connectivity index (χ0) is 17.5.